The Balaban J connectivity index is 1.47. The zero-order valence-corrected chi connectivity index (χ0v) is 17.9. The first-order valence-corrected chi connectivity index (χ1v) is 11.8. The predicted octanol–water partition coefficient (Wildman–Crippen LogP) is 2.51. The molecule has 2 heterocycles. The highest BCUT2D eigenvalue weighted by Gasteiger charge is 2.31. The maximum atomic E-state index is 12.9. The SMILES string of the molecule is Cc1cccc(N2CCN(C(=O)CS(=O)(=O)c3cccc4nsnc34)C[C@H]2C)c1. The van der Waals surface area contributed by atoms with Crippen LogP contribution in [0, 0.1) is 6.92 Å². The number of aryl methyl sites for hydroxylation is 1. The average Bonchev–Trinajstić information content (AvgIpc) is 3.16. The van der Waals surface area contributed by atoms with Crippen LogP contribution < -0.4 is 4.90 Å². The highest BCUT2D eigenvalue weighted by molar-refractivity contribution is 7.92. The minimum absolute atomic E-state index is 0.0727. The van der Waals surface area contributed by atoms with Gasteiger partial charge in [0.15, 0.2) is 9.84 Å². The molecule has 1 aromatic heterocycles. The van der Waals surface area contributed by atoms with Gasteiger partial charge in [-0.3, -0.25) is 4.79 Å². The Bertz CT molecular complexity index is 1160. The van der Waals surface area contributed by atoms with Crippen molar-refractivity contribution in [2.45, 2.75) is 24.8 Å². The predicted molar refractivity (Wildman–Crippen MR) is 114 cm³/mol. The summed E-state index contributed by atoms with van der Waals surface area (Å²) < 4.78 is 33.9. The number of hydrogen-bond donors (Lipinski definition) is 0. The van der Waals surface area contributed by atoms with Crippen LogP contribution in [0.5, 0.6) is 0 Å². The van der Waals surface area contributed by atoms with E-state index in [1.807, 2.05) is 6.07 Å². The maximum absolute atomic E-state index is 12.9. The lowest BCUT2D eigenvalue weighted by Crippen LogP contribution is -2.54. The van der Waals surface area contributed by atoms with E-state index >= 15 is 0 Å². The summed E-state index contributed by atoms with van der Waals surface area (Å²) in [4.78, 5) is 16.8. The van der Waals surface area contributed by atoms with Gasteiger partial charge >= 0.3 is 0 Å². The molecule has 1 aliphatic heterocycles. The standard InChI is InChI=1S/C20H22N4O3S2/c1-14-5-3-6-16(11-14)24-10-9-23(12-15(24)2)19(25)13-29(26,27)18-8-4-7-17-20(18)22-28-21-17/h3-8,11,15H,9-10,12-13H2,1-2H3/t15-/m1/s1. The summed E-state index contributed by atoms with van der Waals surface area (Å²) in [5.41, 5.74) is 3.18. The molecule has 0 aliphatic carbocycles. The largest absolute Gasteiger partial charge is 0.365 e. The van der Waals surface area contributed by atoms with Crippen LogP contribution in [-0.4, -0.2) is 59.4 Å². The summed E-state index contributed by atoms with van der Waals surface area (Å²) in [6.45, 7) is 5.76. The molecule has 1 amide bonds. The highest BCUT2D eigenvalue weighted by atomic mass is 32.2. The summed E-state index contributed by atoms with van der Waals surface area (Å²) in [5, 5.41) is 0. The third kappa shape index (κ3) is 3.97. The van der Waals surface area contributed by atoms with E-state index in [0.29, 0.717) is 30.7 Å². The highest BCUT2D eigenvalue weighted by Crippen LogP contribution is 2.24. The first kappa shape index (κ1) is 19.8. The van der Waals surface area contributed by atoms with E-state index in [1.165, 1.54) is 11.6 Å². The van der Waals surface area contributed by atoms with Crippen molar-refractivity contribution >= 4 is 44.2 Å². The van der Waals surface area contributed by atoms with Crippen molar-refractivity contribution in [3.63, 3.8) is 0 Å². The summed E-state index contributed by atoms with van der Waals surface area (Å²) >= 11 is 0.964. The number of piperazine rings is 1. The third-order valence-corrected chi connectivity index (χ3v) is 7.38. The van der Waals surface area contributed by atoms with Gasteiger partial charge < -0.3 is 9.80 Å². The number of sulfone groups is 1. The molecule has 1 atom stereocenters. The number of rotatable bonds is 4. The Kier molecular flexibility index (Phi) is 5.26. The van der Waals surface area contributed by atoms with Crippen LogP contribution in [0.15, 0.2) is 47.4 Å². The number of anilines is 1. The molecule has 152 valence electrons. The minimum Gasteiger partial charge on any atom is -0.365 e. The van der Waals surface area contributed by atoms with Gasteiger partial charge in [-0.1, -0.05) is 18.2 Å². The molecule has 0 spiro atoms. The van der Waals surface area contributed by atoms with Crippen molar-refractivity contribution in [3.05, 3.63) is 48.0 Å². The summed E-state index contributed by atoms with van der Waals surface area (Å²) in [6, 6.07) is 13.2. The van der Waals surface area contributed by atoms with E-state index in [4.69, 9.17) is 0 Å². The van der Waals surface area contributed by atoms with Gasteiger partial charge in [0, 0.05) is 31.4 Å². The molecule has 3 aromatic rings. The third-order valence-electron chi connectivity index (χ3n) is 5.21. The van der Waals surface area contributed by atoms with Gasteiger partial charge in [0.1, 0.15) is 16.8 Å². The van der Waals surface area contributed by atoms with E-state index in [9.17, 15) is 13.2 Å². The molecule has 9 heteroatoms. The van der Waals surface area contributed by atoms with Crippen LogP contribution in [0.4, 0.5) is 5.69 Å². The quantitative estimate of drug-likeness (QED) is 0.632. The summed E-state index contributed by atoms with van der Waals surface area (Å²) in [5.74, 6) is -0.929. The van der Waals surface area contributed by atoms with Crippen LogP contribution in [0.25, 0.3) is 11.0 Å². The molecule has 1 aliphatic rings. The second kappa shape index (κ2) is 7.72. The monoisotopic (exact) mass is 430 g/mol. The van der Waals surface area contributed by atoms with Gasteiger partial charge in [0.05, 0.1) is 16.6 Å². The van der Waals surface area contributed by atoms with E-state index < -0.39 is 15.6 Å². The Morgan fingerprint density at radius 2 is 1.97 bits per heavy atom. The topological polar surface area (TPSA) is 83.5 Å². The lowest BCUT2D eigenvalue weighted by Gasteiger charge is -2.41. The average molecular weight is 431 g/mol. The molecule has 1 fully saturated rings. The Hall–Kier alpha value is -2.52. The second-order valence-corrected chi connectivity index (χ2v) is 9.85. The second-order valence-electron chi connectivity index (χ2n) is 7.37. The number of nitrogens with zero attached hydrogens (tertiary/aromatic N) is 4. The number of fused-ring (bicyclic) bond motifs is 1. The van der Waals surface area contributed by atoms with Gasteiger partial charge in [-0.25, -0.2) is 8.42 Å². The van der Waals surface area contributed by atoms with Gasteiger partial charge in [0.25, 0.3) is 0 Å². The zero-order valence-electron chi connectivity index (χ0n) is 16.3. The number of amides is 1. The number of benzene rings is 2. The number of carbonyl (C=O) groups excluding carboxylic acids is 1. The molecule has 0 saturated carbocycles. The lowest BCUT2D eigenvalue weighted by molar-refractivity contribution is -0.129. The fraction of sp³-hybridized carbons (Fsp3) is 0.350. The van der Waals surface area contributed by atoms with Crippen LogP contribution in [-0.2, 0) is 14.6 Å². The van der Waals surface area contributed by atoms with Crippen molar-refractivity contribution in [1.29, 1.82) is 0 Å². The molecule has 2 aromatic carbocycles. The lowest BCUT2D eigenvalue weighted by atomic mass is 10.1. The molecule has 0 bridgehead atoms. The minimum atomic E-state index is -3.79. The van der Waals surface area contributed by atoms with E-state index in [2.05, 4.69) is 45.7 Å². The Morgan fingerprint density at radius 3 is 2.72 bits per heavy atom. The van der Waals surface area contributed by atoms with Crippen molar-refractivity contribution in [2.24, 2.45) is 0 Å². The first-order chi connectivity index (χ1) is 13.8. The smallest absolute Gasteiger partial charge is 0.238 e. The normalized spacial score (nSPS) is 17.7. The summed E-state index contributed by atoms with van der Waals surface area (Å²) in [6.07, 6.45) is 0. The first-order valence-electron chi connectivity index (χ1n) is 9.40. The van der Waals surface area contributed by atoms with Crippen LogP contribution >= 0.6 is 11.7 Å². The maximum Gasteiger partial charge on any atom is 0.238 e. The molecular formula is C20H22N4O3S2. The number of hydrogen-bond acceptors (Lipinski definition) is 7. The summed E-state index contributed by atoms with van der Waals surface area (Å²) in [7, 11) is -3.79. The number of aromatic nitrogens is 2. The van der Waals surface area contributed by atoms with Crippen molar-refractivity contribution in [2.75, 3.05) is 30.3 Å². The van der Waals surface area contributed by atoms with Crippen molar-refractivity contribution in [1.82, 2.24) is 13.6 Å². The molecular weight excluding hydrogens is 408 g/mol. The van der Waals surface area contributed by atoms with Gasteiger partial charge in [0.2, 0.25) is 5.91 Å². The molecule has 4 rings (SSSR count). The van der Waals surface area contributed by atoms with E-state index in [0.717, 1.165) is 17.4 Å². The molecule has 1 saturated heterocycles. The van der Waals surface area contributed by atoms with Gasteiger partial charge in [-0.15, -0.1) is 0 Å². The van der Waals surface area contributed by atoms with Crippen LogP contribution in [0.3, 0.4) is 0 Å². The molecule has 29 heavy (non-hydrogen) atoms. The van der Waals surface area contributed by atoms with Gasteiger partial charge in [-0.05, 0) is 43.7 Å². The van der Waals surface area contributed by atoms with Crippen molar-refractivity contribution < 1.29 is 13.2 Å². The van der Waals surface area contributed by atoms with E-state index in [-0.39, 0.29) is 16.8 Å². The fourth-order valence-electron chi connectivity index (χ4n) is 3.74. The Labute approximate surface area is 174 Å². The van der Waals surface area contributed by atoms with Crippen molar-refractivity contribution in [3.8, 4) is 0 Å². The zero-order chi connectivity index (χ0) is 20.6. The molecule has 0 unspecified atom stereocenters. The van der Waals surface area contributed by atoms with E-state index in [1.54, 1.807) is 17.0 Å². The molecule has 0 N–H and O–H groups in total. The fourth-order valence-corrected chi connectivity index (χ4v) is 5.74. The molecule has 0 radical (unpaired) electrons. The van der Waals surface area contributed by atoms with Gasteiger partial charge in [-0.2, -0.15) is 8.75 Å². The Morgan fingerprint density at radius 1 is 1.17 bits per heavy atom. The number of carbonyl (C=O) groups is 1. The van der Waals surface area contributed by atoms with Crippen LogP contribution in [0.1, 0.15) is 12.5 Å². The molecule has 7 nitrogen and oxygen atoms in total. The van der Waals surface area contributed by atoms with Crippen LogP contribution in [0.2, 0.25) is 0 Å².